The normalized spacial score (nSPS) is 22.1. The molecule has 0 unspecified atom stereocenters. The molecule has 3 aromatic carbocycles. The number of amides is 2. The van der Waals surface area contributed by atoms with Gasteiger partial charge in [-0.05, 0) is 120 Å². The molecule has 1 aliphatic carbocycles. The maximum absolute atomic E-state index is 14.2. The van der Waals surface area contributed by atoms with E-state index in [9.17, 15) is 46.1 Å². The van der Waals surface area contributed by atoms with Crippen molar-refractivity contribution in [1.82, 2.24) is 0 Å². The number of phenols is 1. The molecule has 2 heterocycles. The van der Waals surface area contributed by atoms with Gasteiger partial charge >= 0.3 is 19.5 Å². The zero-order valence-electron chi connectivity index (χ0n) is 29.0. The SMILES string of the molecule is CC/C(=C\c1cc(I)c(O)c(OC)c1)CC[C@H]1OB(O)C[C@H]2C1=C(COc1ccccc1)C[C@H]1C(=O)N(c3cc(C(F)(F)F)cc(C(F)(F)F)c3)C(=O)[C@H]12. The van der Waals surface area contributed by atoms with E-state index in [1.54, 1.807) is 42.5 Å². The molecule has 3 aliphatic rings. The number of phenolic OH excluding ortho intramolecular Hbond substituents is 1. The lowest BCUT2D eigenvalue weighted by atomic mass is 9.58. The number of para-hydroxylation sites is 1. The van der Waals surface area contributed by atoms with Crippen LogP contribution in [0.5, 0.6) is 17.2 Å². The molecule has 0 spiro atoms. The van der Waals surface area contributed by atoms with Crippen LogP contribution in [-0.4, -0.2) is 48.9 Å². The van der Waals surface area contributed by atoms with Crippen molar-refractivity contribution in [3.63, 3.8) is 0 Å². The Morgan fingerprint density at radius 1 is 1.00 bits per heavy atom. The number of anilines is 1. The van der Waals surface area contributed by atoms with Gasteiger partial charge in [0.1, 0.15) is 12.4 Å². The minimum atomic E-state index is -5.19. The van der Waals surface area contributed by atoms with Gasteiger partial charge in [0.25, 0.3) is 0 Å². The molecule has 2 fully saturated rings. The van der Waals surface area contributed by atoms with E-state index in [0.717, 1.165) is 11.1 Å². The number of fused-ring (bicyclic) bond motifs is 3. The van der Waals surface area contributed by atoms with Gasteiger partial charge in [-0.25, -0.2) is 4.90 Å². The Morgan fingerprint density at radius 2 is 1.67 bits per heavy atom. The molecule has 2 amide bonds. The van der Waals surface area contributed by atoms with E-state index >= 15 is 0 Å². The fourth-order valence-electron chi connectivity index (χ4n) is 7.64. The number of hydrogen-bond acceptors (Lipinski definition) is 7. The Balaban J connectivity index is 1.37. The number of methoxy groups -OCH3 is 1. The average molecular weight is 869 g/mol. The largest absolute Gasteiger partial charge is 0.504 e. The lowest BCUT2D eigenvalue weighted by molar-refractivity contribution is -0.143. The molecule has 3 aromatic rings. The fourth-order valence-corrected chi connectivity index (χ4v) is 8.27. The minimum Gasteiger partial charge on any atom is -0.504 e. The predicted molar refractivity (Wildman–Crippen MR) is 196 cm³/mol. The molecule has 54 heavy (non-hydrogen) atoms. The first-order valence-electron chi connectivity index (χ1n) is 17.2. The summed E-state index contributed by atoms with van der Waals surface area (Å²) in [7, 11) is 0.0720. The lowest BCUT2D eigenvalue weighted by Gasteiger charge is -2.43. The smallest absolute Gasteiger partial charge is 0.455 e. The molecule has 0 bridgehead atoms. The molecule has 6 rings (SSSR count). The third-order valence-corrected chi connectivity index (χ3v) is 10.9. The van der Waals surface area contributed by atoms with E-state index < -0.39 is 72.0 Å². The first-order chi connectivity index (χ1) is 25.5. The Morgan fingerprint density at radius 3 is 2.28 bits per heavy atom. The van der Waals surface area contributed by atoms with E-state index in [1.807, 2.05) is 35.6 Å². The number of carbonyl (C=O) groups excluding carboxylic acids is 2. The lowest BCUT2D eigenvalue weighted by Crippen LogP contribution is -2.46. The highest BCUT2D eigenvalue weighted by Crippen LogP contribution is 2.52. The molecule has 0 saturated carbocycles. The van der Waals surface area contributed by atoms with E-state index in [2.05, 4.69) is 0 Å². The monoisotopic (exact) mass is 869 g/mol. The van der Waals surface area contributed by atoms with Crippen LogP contribution in [0.1, 0.15) is 49.3 Å². The Bertz CT molecular complexity index is 1950. The third kappa shape index (κ3) is 8.15. The Kier molecular flexibility index (Phi) is 11.5. The predicted octanol–water partition coefficient (Wildman–Crippen LogP) is 8.70. The van der Waals surface area contributed by atoms with Crippen LogP contribution in [-0.2, 0) is 26.6 Å². The Labute approximate surface area is 321 Å². The molecule has 0 radical (unpaired) electrons. The minimum absolute atomic E-state index is 0.0177. The van der Waals surface area contributed by atoms with Gasteiger partial charge in [-0.2, -0.15) is 26.3 Å². The summed E-state index contributed by atoms with van der Waals surface area (Å²) in [5.74, 6) is -4.17. The number of alkyl halides is 6. The topological polar surface area (TPSA) is 106 Å². The number of halogens is 7. The van der Waals surface area contributed by atoms with E-state index in [1.165, 1.54) is 7.11 Å². The molecular weight excluding hydrogens is 834 g/mol. The van der Waals surface area contributed by atoms with Gasteiger partial charge in [-0.3, -0.25) is 9.59 Å². The number of ether oxygens (including phenoxy) is 2. The van der Waals surface area contributed by atoms with Crippen LogP contribution in [0.15, 0.2) is 77.4 Å². The standard InChI is InChI=1S/C38H35BF6INO7/c1-3-20(11-21-12-29(46)34(48)31(13-21)52-2)9-10-30-32-22(19-53-26-7-5-4-6-8-26)14-27-33(28(32)18-39(51)54-30)36(50)47(35(27)49)25-16-23(37(40,41)42)15-24(17-25)38(43,44)45/h4-8,11-13,15-17,27-28,30,33,48,51H,3,9-10,14,18-19H2,1-2H3/b20-11+/t27-,28+,30-,33-/m1/s1. The first-order valence-corrected chi connectivity index (χ1v) is 18.2. The fraction of sp³-hybridized carbons (Fsp3) is 0.368. The number of hydrogen-bond donors (Lipinski definition) is 2. The molecule has 2 N–H and O–H groups in total. The maximum atomic E-state index is 14.2. The molecule has 2 aliphatic heterocycles. The van der Waals surface area contributed by atoms with Crippen LogP contribution < -0.4 is 14.4 Å². The number of allylic oxidation sites excluding steroid dienone is 1. The zero-order valence-corrected chi connectivity index (χ0v) is 31.2. The summed E-state index contributed by atoms with van der Waals surface area (Å²) < 4.78 is 101. The van der Waals surface area contributed by atoms with Crippen molar-refractivity contribution >= 4 is 53.3 Å². The van der Waals surface area contributed by atoms with Crippen molar-refractivity contribution in [3.8, 4) is 17.2 Å². The molecule has 286 valence electrons. The van der Waals surface area contributed by atoms with Gasteiger partial charge < -0.3 is 24.3 Å². The average Bonchev–Trinajstić information content (AvgIpc) is 3.38. The molecule has 16 heteroatoms. The Hall–Kier alpha value is -4.03. The maximum Gasteiger partial charge on any atom is 0.455 e. The molecule has 8 nitrogen and oxygen atoms in total. The van der Waals surface area contributed by atoms with Crippen LogP contribution in [0.25, 0.3) is 6.08 Å². The van der Waals surface area contributed by atoms with Crippen LogP contribution >= 0.6 is 22.6 Å². The van der Waals surface area contributed by atoms with E-state index in [0.29, 0.717) is 62.5 Å². The first kappa shape index (κ1) is 39.7. The number of imide groups is 1. The van der Waals surface area contributed by atoms with E-state index in [-0.39, 0.29) is 31.2 Å². The van der Waals surface area contributed by atoms with Crippen LogP contribution in [0, 0.1) is 21.3 Å². The van der Waals surface area contributed by atoms with E-state index in [4.69, 9.17) is 14.1 Å². The summed E-state index contributed by atoms with van der Waals surface area (Å²) in [4.78, 5) is 28.6. The number of rotatable bonds is 10. The zero-order chi connectivity index (χ0) is 39.1. The number of aromatic hydroxyl groups is 1. The van der Waals surface area contributed by atoms with Crippen molar-refractivity contribution in [2.75, 3.05) is 18.6 Å². The number of nitrogens with zero attached hydrogens (tertiary/aromatic N) is 1. The van der Waals surface area contributed by atoms with Crippen LogP contribution in [0.2, 0.25) is 6.32 Å². The molecule has 4 atom stereocenters. The van der Waals surface area contributed by atoms with Crippen LogP contribution in [0.4, 0.5) is 32.0 Å². The summed E-state index contributed by atoms with van der Waals surface area (Å²) in [6, 6.07) is 13.0. The van der Waals surface area contributed by atoms with Gasteiger partial charge in [0.2, 0.25) is 11.8 Å². The quantitative estimate of drug-likeness (QED) is 0.0691. The molecular formula is C38H35BF6INO7. The molecule has 0 aromatic heterocycles. The molecule has 2 saturated heterocycles. The summed E-state index contributed by atoms with van der Waals surface area (Å²) >= 11 is 2.00. The van der Waals surface area contributed by atoms with Crippen molar-refractivity contribution in [2.24, 2.45) is 17.8 Å². The summed E-state index contributed by atoms with van der Waals surface area (Å²) in [5.41, 5.74) is -1.14. The highest BCUT2D eigenvalue weighted by Gasteiger charge is 2.58. The van der Waals surface area contributed by atoms with Gasteiger partial charge in [0, 0.05) is 0 Å². The summed E-state index contributed by atoms with van der Waals surface area (Å²) in [6.07, 6.45) is -7.97. The highest BCUT2D eigenvalue weighted by atomic mass is 127. The van der Waals surface area contributed by atoms with Gasteiger partial charge in [-0.15, -0.1) is 0 Å². The van der Waals surface area contributed by atoms with Gasteiger partial charge in [0.15, 0.2) is 11.5 Å². The van der Waals surface area contributed by atoms with Crippen LogP contribution in [0.3, 0.4) is 0 Å². The summed E-state index contributed by atoms with van der Waals surface area (Å²) in [5, 5.41) is 21.3. The van der Waals surface area contributed by atoms with Crippen molar-refractivity contribution in [2.45, 2.75) is 57.4 Å². The third-order valence-electron chi connectivity index (χ3n) is 10.1. The van der Waals surface area contributed by atoms with Gasteiger partial charge in [-0.1, -0.05) is 36.8 Å². The van der Waals surface area contributed by atoms with Crippen molar-refractivity contribution in [1.29, 1.82) is 0 Å². The summed E-state index contributed by atoms with van der Waals surface area (Å²) in [6.45, 7) is 1.92. The second kappa shape index (κ2) is 15.6. The highest BCUT2D eigenvalue weighted by molar-refractivity contribution is 14.1. The number of carbonyl (C=O) groups is 2. The number of benzene rings is 3. The second-order valence-electron chi connectivity index (χ2n) is 13.4. The van der Waals surface area contributed by atoms with Crippen molar-refractivity contribution in [3.05, 3.63) is 97.6 Å². The van der Waals surface area contributed by atoms with Crippen molar-refractivity contribution < 1.29 is 60.2 Å². The van der Waals surface area contributed by atoms with Gasteiger partial charge in [0.05, 0.1) is 45.4 Å². The second-order valence-corrected chi connectivity index (χ2v) is 14.6.